The van der Waals surface area contributed by atoms with Crippen molar-refractivity contribution in [1.29, 1.82) is 0 Å². The van der Waals surface area contributed by atoms with Gasteiger partial charge in [-0.2, -0.15) is 26.3 Å². The van der Waals surface area contributed by atoms with Crippen molar-refractivity contribution in [2.75, 3.05) is 17.7 Å². The molecule has 2 aromatic carbocycles. The molecule has 38 heavy (non-hydrogen) atoms. The molecule has 2 N–H and O–H groups in total. The Bertz CT molecular complexity index is 1200. The van der Waals surface area contributed by atoms with E-state index in [0.717, 1.165) is 18.2 Å². The van der Waals surface area contributed by atoms with Crippen molar-refractivity contribution in [3.05, 3.63) is 59.7 Å². The van der Waals surface area contributed by atoms with E-state index in [1.807, 2.05) is 0 Å². The van der Waals surface area contributed by atoms with Crippen LogP contribution >= 0.6 is 11.6 Å². The highest BCUT2D eigenvalue weighted by Gasteiger charge is 2.76. The second kappa shape index (κ2) is 10.8. The summed E-state index contributed by atoms with van der Waals surface area (Å²) in [6.45, 7) is 5.09. The van der Waals surface area contributed by atoms with Crippen molar-refractivity contribution in [3.8, 4) is 0 Å². The third-order valence-electron chi connectivity index (χ3n) is 5.54. The lowest BCUT2D eigenvalue weighted by Crippen LogP contribution is -2.56. The van der Waals surface area contributed by atoms with E-state index in [-0.39, 0.29) is 11.3 Å². The highest BCUT2D eigenvalue weighted by atomic mass is 35.5. The second-order valence-corrected chi connectivity index (χ2v) is 9.62. The minimum atomic E-state index is -6.42. The maximum Gasteiger partial charge on any atom is 0.433 e. The topological polar surface area (TPSA) is 78.5 Å². The molecule has 3 amide bonds. The molecule has 0 saturated carbocycles. The number of nitrogens with zero attached hydrogens (tertiary/aromatic N) is 1. The Labute approximate surface area is 218 Å². The summed E-state index contributed by atoms with van der Waals surface area (Å²) in [5.74, 6) is -2.92. The highest BCUT2D eigenvalue weighted by Crippen LogP contribution is 2.56. The van der Waals surface area contributed by atoms with Crippen LogP contribution in [0, 0.1) is 0 Å². The van der Waals surface area contributed by atoms with Gasteiger partial charge in [-0.1, -0.05) is 24.3 Å². The average molecular weight is 570 g/mol. The number of carbonyl (C=O) groups excluding carboxylic acids is 3. The smallest absolute Gasteiger partial charge is 0.333 e. The molecule has 6 nitrogen and oxygen atoms in total. The Morgan fingerprint density at radius 3 is 1.92 bits per heavy atom. The number of likely N-dealkylation sites (N-methyl/N-ethyl adjacent to an activating group) is 1. The third kappa shape index (κ3) is 6.37. The van der Waals surface area contributed by atoms with Crippen LogP contribution in [0.4, 0.5) is 42.1 Å². The van der Waals surface area contributed by atoms with Crippen LogP contribution in [0.5, 0.6) is 0 Å². The van der Waals surface area contributed by atoms with Crippen LogP contribution in [0.2, 0.25) is 0 Å². The van der Waals surface area contributed by atoms with Crippen LogP contribution in [0.15, 0.2) is 48.5 Å². The molecule has 0 spiro atoms. The largest absolute Gasteiger partial charge is 0.433 e. The summed E-state index contributed by atoms with van der Waals surface area (Å²) < 4.78 is 93.7. The number of amides is 3. The summed E-state index contributed by atoms with van der Waals surface area (Å²) in [7, 11) is 1.41. The Kier molecular flexibility index (Phi) is 8.77. The van der Waals surface area contributed by atoms with E-state index < -0.39 is 57.9 Å². The van der Waals surface area contributed by atoms with Gasteiger partial charge in [0, 0.05) is 29.5 Å². The molecule has 1 unspecified atom stereocenters. The van der Waals surface area contributed by atoms with E-state index in [9.17, 15) is 45.1 Å². The summed E-state index contributed by atoms with van der Waals surface area (Å²) >= 11 is 5.44. The van der Waals surface area contributed by atoms with Gasteiger partial charge in [-0.3, -0.25) is 14.4 Å². The lowest BCUT2D eigenvalue weighted by atomic mass is 9.93. The monoisotopic (exact) mass is 569 g/mol. The summed E-state index contributed by atoms with van der Waals surface area (Å²) in [4.78, 5) is 38.6. The molecule has 0 aromatic heterocycles. The van der Waals surface area contributed by atoms with Crippen LogP contribution in [-0.4, -0.2) is 53.2 Å². The molecule has 0 saturated heterocycles. The molecule has 1 atom stereocenters. The van der Waals surface area contributed by atoms with Gasteiger partial charge in [-0.05, 0) is 50.6 Å². The number of para-hydroxylation sites is 1. The first kappa shape index (κ1) is 30.9. The van der Waals surface area contributed by atoms with Gasteiger partial charge in [0.25, 0.3) is 5.91 Å². The molecule has 2 rings (SSSR count). The summed E-state index contributed by atoms with van der Waals surface area (Å²) in [6, 6.07) is 8.84. The van der Waals surface area contributed by atoms with Crippen molar-refractivity contribution >= 4 is 40.7 Å². The van der Waals surface area contributed by atoms with Gasteiger partial charge < -0.3 is 15.5 Å². The zero-order valence-corrected chi connectivity index (χ0v) is 21.1. The van der Waals surface area contributed by atoms with E-state index in [1.54, 1.807) is 20.8 Å². The van der Waals surface area contributed by atoms with Gasteiger partial charge >= 0.3 is 29.8 Å². The van der Waals surface area contributed by atoms with Crippen molar-refractivity contribution < 1.29 is 45.1 Å². The first-order chi connectivity index (χ1) is 17.2. The number of anilines is 2. The summed E-state index contributed by atoms with van der Waals surface area (Å²) in [5.41, 5.74) is -8.26. The van der Waals surface area contributed by atoms with Gasteiger partial charge in [-0.25, -0.2) is 4.39 Å². The van der Waals surface area contributed by atoms with Crippen molar-refractivity contribution in [2.45, 2.75) is 49.7 Å². The standard InChI is InChI=1S/C24H23ClF7N3O3/c1-21(2,3)35(4)20(38)19(37)33-14-9-7-8-13(12-14)18(36)34-16-11-6-5-10-15(16)17(25)22(26,23(27,28)29)24(30,31)32/h5-12,17H,1-4H3,(H,33,37)(H,34,36). The number of rotatable bonds is 5. The maximum atomic E-state index is 14.5. The van der Waals surface area contributed by atoms with Gasteiger partial charge in [0.05, 0.1) is 0 Å². The van der Waals surface area contributed by atoms with E-state index in [2.05, 4.69) is 10.6 Å². The molecule has 0 heterocycles. The minimum Gasteiger partial charge on any atom is -0.333 e. The average Bonchev–Trinajstić information content (AvgIpc) is 2.80. The van der Waals surface area contributed by atoms with E-state index in [4.69, 9.17) is 11.6 Å². The van der Waals surface area contributed by atoms with E-state index in [1.165, 1.54) is 36.2 Å². The first-order valence-electron chi connectivity index (χ1n) is 10.8. The van der Waals surface area contributed by atoms with Crippen molar-refractivity contribution in [1.82, 2.24) is 4.90 Å². The van der Waals surface area contributed by atoms with Crippen molar-refractivity contribution in [2.24, 2.45) is 0 Å². The van der Waals surface area contributed by atoms with Gasteiger partial charge in [0.1, 0.15) is 5.38 Å². The van der Waals surface area contributed by atoms with Crippen LogP contribution < -0.4 is 10.6 Å². The number of nitrogens with one attached hydrogen (secondary N) is 2. The highest BCUT2D eigenvalue weighted by molar-refractivity contribution is 6.39. The normalized spacial score (nSPS) is 13.5. The number of hydrogen-bond acceptors (Lipinski definition) is 3. The van der Waals surface area contributed by atoms with Crippen LogP contribution in [0.3, 0.4) is 0 Å². The molecular weight excluding hydrogens is 547 g/mol. The Morgan fingerprint density at radius 1 is 0.842 bits per heavy atom. The van der Waals surface area contributed by atoms with Gasteiger partial charge in [-0.15, -0.1) is 11.6 Å². The molecule has 0 fully saturated rings. The number of benzene rings is 2. The Hall–Kier alpha value is -3.35. The second-order valence-electron chi connectivity index (χ2n) is 9.18. The molecular formula is C24H23ClF7N3O3. The zero-order valence-electron chi connectivity index (χ0n) is 20.4. The molecule has 0 radical (unpaired) electrons. The SMILES string of the molecule is CN(C(=O)C(=O)Nc1cccc(C(=O)Nc2ccccc2C(Cl)C(F)(C(F)(F)F)C(F)(F)F)c1)C(C)(C)C. The maximum absolute atomic E-state index is 14.5. The Morgan fingerprint density at radius 2 is 1.39 bits per heavy atom. The fourth-order valence-corrected chi connectivity index (χ4v) is 3.51. The zero-order chi connectivity index (χ0) is 29.3. The lowest BCUT2D eigenvalue weighted by Gasteiger charge is -2.34. The minimum absolute atomic E-state index is 0.00117. The molecule has 0 aliphatic heterocycles. The molecule has 14 heteroatoms. The molecule has 208 valence electrons. The van der Waals surface area contributed by atoms with Gasteiger partial charge in [0.15, 0.2) is 0 Å². The first-order valence-corrected chi connectivity index (χ1v) is 11.2. The molecule has 0 aliphatic carbocycles. The fourth-order valence-electron chi connectivity index (χ4n) is 3.07. The Balaban J connectivity index is 2.33. The molecule has 2 aromatic rings. The molecule has 0 bridgehead atoms. The van der Waals surface area contributed by atoms with Gasteiger partial charge in [0.2, 0.25) is 0 Å². The lowest BCUT2D eigenvalue weighted by molar-refractivity contribution is -0.342. The molecule has 0 aliphatic rings. The van der Waals surface area contributed by atoms with Crippen molar-refractivity contribution in [3.63, 3.8) is 0 Å². The number of halogens is 8. The van der Waals surface area contributed by atoms with Crippen LogP contribution in [-0.2, 0) is 9.59 Å². The summed E-state index contributed by atoms with van der Waals surface area (Å²) in [6.07, 6.45) is -12.8. The quantitative estimate of drug-likeness (QED) is 0.254. The van der Waals surface area contributed by atoms with E-state index >= 15 is 0 Å². The van der Waals surface area contributed by atoms with Crippen LogP contribution in [0.25, 0.3) is 0 Å². The fraction of sp³-hybridized carbons (Fsp3) is 0.375. The third-order valence-corrected chi connectivity index (χ3v) is 6.08. The van der Waals surface area contributed by atoms with E-state index in [0.29, 0.717) is 6.07 Å². The van der Waals surface area contributed by atoms with Crippen LogP contribution in [0.1, 0.15) is 42.1 Å². The predicted molar refractivity (Wildman–Crippen MR) is 127 cm³/mol. The number of carbonyl (C=O) groups is 3. The number of hydrogen-bond donors (Lipinski definition) is 2. The predicted octanol–water partition coefficient (Wildman–Crippen LogP) is 6.25. The summed E-state index contributed by atoms with van der Waals surface area (Å²) in [5, 5.41) is 1.12. The number of alkyl halides is 8.